The maximum Gasteiger partial charge on any atom is 0.339 e. The van der Waals surface area contributed by atoms with E-state index in [4.69, 9.17) is 0 Å². The summed E-state index contributed by atoms with van der Waals surface area (Å²) in [4.78, 5) is 17.7. The average molecular weight is 407 g/mol. The highest BCUT2D eigenvalue weighted by Crippen LogP contribution is 2.25. The van der Waals surface area contributed by atoms with Gasteiger partial charge in [0.2, 0.25) is 0 Å². The van der Waals surface area contributed by atoms with Crippen LogP contribution in [0.25, 0.3) is 0 Å². The van der Waals surface area contributed by atoms with Crippen molar-refractivity contribution >= 4 is 27.5 Å². The molecule has 0 unspecified atom stereocenters. The smallest absolute Gasteiger partial charge is 0.339 e. The van der Waals surface area contributed by atoms with E-state index in [1.165, 1.54) is 30.8 Å². The number of carboxylic acid groups (broad SMARTS) is 1. The minimum atomic E-state index is -4.06. The zero-order valence-electron chi connectivity index (χ0n) is 15.3. The number of hydrogen-bond donors (Lipinski definition) is 2. The minimum absolute atomic E-state index is 0.0115. The molecule has 28 heavy (non-hydrogen) atoms. The van der Waals surface area contributed by atoms with Crippen molar-refractivity contribution < 1.29 is 22.7 Å². The fourth-order valence-corrected chi connectivity index (χ4v) is 4.30. The zero-order valence-corrected chi connectivity index (χ0v) is 16.1. The molecule has 3 rings (SSSR count). The largest absolute Gasteiger partial charge is 0.478 e. The molecule has 1 fully saturated rings. The third kappa shape index (κ3) is 4.78. The van der Waals surface area contributed by atoms with Crippen LogP contribution in [0.15, 0.2) is 41.4 Å². The van der Waals surface area contributed by atoms with Gasteiger partial charge in [0.15, 0.2) is 0 Å². The van der Waals surface area contributed by atoms with E-state index in [-0.39, 0.29) is 16.1 Å². The highest BCUT2D eigenvalue weighted by atomic mass is 32.2. The number of nitrogens with one attached hydrogen (secondary N) is 1. The standard InChI is InChI=1S/C19H22FN3O4S/c20-14-7-6-8-16(11-14)28(26,27)22-15-12-17(19(24)25)18(21-13-15)23-9-4-2-1-3-5-10-23/h6-8,11-13,22H,1-5,9-10H2,(H,24,25). The molecule has 2 aromatic rings. The molecule has 0 saturated carbocycles. The van der Waals surface area contributed by atoms with Crippen molar-refractivity contribution in [1.82, 2.24) is 4.98 Å². The number of aromatic carboxylic acids is 1. The first-order valence-corrected chi connectivity index (χ1v) is 10.6. The van der Waals surface area contributed by atoms with E-state index >= 15 is 0 Å². The Hall–Kier alpha value is -2.68. The van der Waals surface area contributed by atoms with Crippen LogP contribution in [-0.2, 0) is 10.0 Å². The molecule has 0 amide bonds. The second-order valence-electron chi connectivity index (χ2n) is 6.72. The highest BCUT2D eigenvalue weighted by molar-refractivity contribution is 7.92. The molecule has 0 bridgehead atoms. The Morgan fingerprint density at radius 3 is 2.43 bits per heavy atom. The van der Waals surface area contributed by atoms with E-state index in [0.29, 0.717) is 18.9 Å². The second kappa shape index (κ2) is 8.55. The van der Waals surface area contributed by atoms with Gasteiger partial charge in [0.1, 0.15) is 17.2 Å². The Morgan fingerprint density at radius 1 is 1.11 bits per heavy atom. The number of halogens is 1. The van der Waals surface area contributed by atoms with Gasteiger partial charge >= 0.3 is 5.97 Å². The number of anilines is 2. The van der Waals surface area contributed by atoms with Gasteiger partial charge in [-0.05, 0) is 37.1 Å². The van der Waals surface area contributed by atoms with Crippen molar-refractivity contribution in [2.75, 3.05) is 22.7 Å². The zero-order chi connectivity index (χ0) is 20.1. The summed E-state index contributed by atoms with van der Waals surface area (Å²) in [5, 5.41) is 9.60. The van der Waals surface area contributed by atoms with Gasteiger partial charge in [-0.15, -0.1) is 0 Å². The van der Waals surface area contributed by atoms with Crippen LogP contribution in [0.5, 0.6) is 0 Å². The molecular formula is C19H22FN3O4S. The number of benzene rings is 1. The summed E-state index contributed by atoms with van der Waals surface area (Å²) >= 11 is 0. The van der Waals surface area contributed by atoms with Crippen LogP contribution in [0, 0.1) is 5.82 Å². The second-order valence-corrected chi connectivity index (χ2v) is 8.40. The van der Waals surface area contributed by atoms with Gasteiger partial charge in [-0.2, -0.15) is 0 Å². The molecular weight excluding hydrogens is 385 g/mol. The summed E-state index contributed by atoms with van der Waals surface area (Å²) < 4.78 is 40.5. The molecule has 1 aromatic carbocycles. The van der Waals surface area contributed by atoms with Gasteiger partial charge < -0.3 is 10.0 Å². The molecule has 1 aliphatic rings. The number of nitrogens with zero attached hydrogens (tertiary/aromatic N) is 2. The molecule has 1 saturated heterocycles. The lowest BCUT2D eigenvalue weighted by molar-refractivity contribution is 0.0697. The number of sulfonamides is 1. The summed E-state index contributed by atoms with van der Waals surface area (Å²) in [6, 6.07) is 5.82. The Labute approximate surface area is 163 Å². The summed E-state index contributed by atoms with van der Waals surface area (Å²) in [5.41, 5.74) is -0.0579. The van der Waals surface area contributed by atoms with E-state index in [1.807, 2.05) is 4.90 Å². The van der Waals surface area contributed by atoms with E-state index in [2.05, 4.69) is 9.71 Å². The third-order valence-electron chi connectivity index (χ3n) is 4.61. The van der Waals surface area contributed by atoms with Crippen molar-refractivity contribution in [3.8, 4) is 0 Å². The Kier molecular flexibility index (Phi) is 6.13. The molecule has 150 valence electrons. The monoisotopic (exact) mass is 407 g/mol. The number of aromatic nitrogens is 1. The molecule has 0 spiro atoms. The summed E-state index contributed by atoms with van der Waals surface area (Å²) in [6.07, 6.45) is 6.55. The van der Waals surface area contributed by atoms with Crippen molar-refractivity contribution in [3.63, 3.8) is 0 Å². The normalized spacial score (nSPS) is 15.5. The fourth-order valence-electron chi connectivity index (χ4n) is 3.23. The van der Waals surface area contributed by atoms with Gasteiger partial charge in [0.25, 0.3) is 10.0 Å². The molecule has 9 heteroatoms. The molecule has 0 atom stereocenters. The predicted octanol–water partition coefficient (Wildman–Crippen LogP) is 3.49. The molecule has 2 N–H and O–H groups in total. The number of hydrogen-bond acceptors (Lipinski definition) is 5. The lowest BCUT2D eigenvalue weighted by atomic mass is 10.1. The van der Waals surface area contributed by atoms with Crippen LogP contribution in [0.2, 0.25) is 0 Å². The molecule has 0 aliphatic carbocycles. The maximum absolute atomic E-state index is 13.3. The van der Waals surface area contributed by atoms with E-state index < -0.39 is 21.8 Å². The number of rotatable bonds is 5. The first-order chi connectivity index (χ1) is 13.4. The van der Waals surface area contributed by atoms with Gasteiger partial charge in [-0.1, -0.05) is 25.3 Å². The van der Waals surface area contributed by atoms with E-state index in [1.54, 1.807) is 0 Å². The molecule has 1 aliphatic heterocycles. The first-order valence-electron chi connectivity index (χ1n) is 9.13. The maximum atomic E-state index is 13.3. The van der Waals surface area contributed by atoms with Crippen LogP contribution in [0.3, 0.4) is 0 Å². The molecule has 1 aromatic heterocycles. The van der Waals surface area contributed by atoms with Crippen molar-refractivity contribution in [2.24, 2.45) is 0 Å². The Balaban J connectivity index is 1.89. The summed E-state index contributed by atoms with van der Waals surface area (Å²) in [6.45, 7) is 1.42. The quantitative estimate of drug-likeness (QED) is 0.787. The van der Waals surface area contributed by atoms with Crippen molar-refractivity contribution in [1.29, 1.82) is 0 Å². The van der Waals surface area contributed by atoms with Gasteiger partial charge in [0.05, 0.1) is 16.8 Å². The van der Waals surface area contributed by atoms with Crippen molar-refractivity contribution in [3.05, 3.63) is 47.9 Å². The van der Waals surface area contributed by atoms with Crippen LogP contribution in [-0.4, -0.2) is 37.6 Å². The van der Waals surface area contributed by atoms with Gasteiger partial charge in [0, 0.05) is 13.1 Å². The van der Waals surface area contributed by atoms with Gasteiger partial charge in [-0.3, -0.25) is 4.72 Å². The van der Waals surface area contributed by atoms with Crippen LogP contribution in [0.1, 0.15) is 42.5 Å². The lowest BCUT2D eigenvalue weighted by Crippen LogP contribution is -2.29. The predicted molar refractivity (Wildman–Crippen MR) is 104 cm³/mol. The molecule has 2 heterocycles. The number of carboxylic acids is 1. The SMILES string of the molecule is O=C(O)c1cc(NS(=O)(=O)c2cccc(F)c2)cnc1N1CCCCCCC1. The third-order valence-corrected chi connectivity index (χ3v) is 5.99. The van der Waals surface area contributed by atoms with Crippen LogP contribution < -0.4 is 9.62 Å². The Morgan fingerprint density at radius 2 is 1.79 bits per heavy atom. The average Bonchev–Trinajstić information content (AvgIpc) is 2.61. The topological polar surface area (TPSA) is 99.6 Å². The van der Waals surface area contributed by atoms with Crippen LogP contribution >= 0.6 is 0 Å². The summed E-state index contributed by atoms with van der Waals surface area (Å²) in [7, 11) is -4.06. The van der Waals surface area contributed by atoms with E-state index in [9.17, 15) is 22.7 Å². The summed E-state index contributed by atoms with van der Waals surface area (Å²) in [5.74, 6) is -1.53. The highest BCUT2D eigenvalue weighted by Gasteiger charge is 2.21. The van der Waals surface area contributed by atoms with Crippen molar-refractivity contribution in [2.45, 2.75) is 37.0 Å². The Bertz CT molecular complexity index is 957. The van der Waals surface area contributed by atoms with Crippen LogP contribution in [0.4, 0.5) is 15.9 Å². The molecule has 0 radical (unpaired) electrons. The van der Waals surface area contributed by atoms with Gasteiger partial charge in [-0.25, -0.2) is 22.6 Å². The minimum Gasteiger partial charge on any atom is -0.478 e. The first kappa shape index (κ1) is 20.1. The number of pyridine rings is 1. The number of carbonyl (C=O) groups is 1. The van der Waals surface area contributed by atoms with E-state index in [0.717, 1.165) is 37.8 Å². The fraction of sp³-hybridized carbons (Fsp3) is 0.368. The lowest BCUT2D eigenvalue weighted by Gasteiger charge is -2.27. The molecule has 7 nitrogen and oxygen atoms in total.